The van der Waals surface area contributed by atoms with Gasteiger partial charge in [0.1, 0.15) is 6.04 Å². The van der Waals surface area contributed by atoms with E-state index in [0.29, 0.717) is 29.0 Å². The molecule has 4 amide bonds. The smallest absolute Gasteiger partial charge is 0.262 e. The molecule has 28 heavy (non-hydrogen) atoms. The lowest BCUT2D eigenvalue weighted by molar-refractivity contribution is -0.136. The highest BCUT2D eigenvalue weighted by atomic mass is 16.2. The van der Waals surface area contributed by atoms with E-state index in [2.05, 4.69) is 16.0 Å². The molecule has 1 aliphatic carbocycles. The van der Waals surface area contributed by atoms with Gasteiger partial charge in [0.15, 0.2) is 0 Å². The van der Waals surface area contributed by atoms with Crippen LogP contribution in [0.4, 0.5) is 5.69 Å². The van der Waals surface area contributed by atoms with E-state index in [-0.39, 0.29) is 18.7 Å². The standard InChI is InChI=1S/C20H22N4O4/c25-17-6-5-16(18(26)23-17)24-19(27)12-3-2-11(7-13(12)20(24)28)22-15-4-1-10-8-21-9-14(10)15/h2-3,7,10,14-16,21-22H,1,4-6,8-9H2,(H,23,25,26). The van der Waals surface area contributed by atoms with Gasteiger partial charge in [0.2, 0.25) is 11.8 Å². The minimum absolute atomic E-state index is 0.120. The lowest BCUT2D eigenvalue weighted by Gasteiger charge is -2.27. The van der Waals surface area contributed by atoms with Gasteiger partial charge >= 0.3 is 0 Å². The lowest BCUT2D eigenvalue weighted by Crippen LogP contribution is -2.54. The van der Waals surface area contributed by atoms with Crippen LogP contribution in [0.5, 0.6) is 0 Å². The van der Waals surface area contributed by atoms with Crippen molar-refractivity contribution in [1.29, 1.82) is 0 Å². The van der Waals surface area contributed by atoms with Crippen LogP contribution in [0.1, 0.15) is 46.4 Å². The van der Waals surface area contributed by atoms with E-state index in [1.165, 1.54) is 6.42 Å². The van der Waals surface area contributed by atoms with Crippen LogP contribution in [0.3, 0.4) is 0 Å². The van der Waals surface area contributed by atoms with Crippen molar-refractivity contribution >= 4 is 29.3 Å². The predicted octanol–water partition coefficient (Wildman–Crippen LogP) is 0.498. The maximum Gasteiger partial charge on any atom is 0.262 e. The van der Waals surface area contributed by atoms with Gasteiger partial charge in [-0.25, -0.2) is 0 Å². The average molecular weight is 382 g/mol. The number of nitrogens with one attached hydrogen (secondary N) is 3. The van der Waals surface area contributed by atoms with Crippen molar-refractivity contribution in [3.63, 3.8) is 0 Å². The first-order chi connectivity index (χ1) is 13.5. The molecule has 0 aromatic heterocycles. The fourth-order valence-corrected chi connectivity index (χ4v) is 5.10. The van der Waals surface area contributed by atoms with Crippen molar-refractivity contribution in [2.24, 2.45) is 11.8 Å². The molecule has 2 saturated heterocycles. The number of hydrogen-bond acceptors (Lipinski definition) is 6. The van der Waals surface area contributed by atoms with Crippen molar-refractivity contribution in [3.05, 3.63) is 29.3 Å². The van der Waals surface area contributed by atoms with Crippen LogP contribution < -0.4 is 16.0 Å². The fraction of sp³-hybridized carbons (Fsp3) is 0.500. The van der Waals surface area contributed by atoms with Gasteiger partial charge in [-0.1, -0.05) is 0 Å². The van der Waals surface area contributed by atoms with Gasteiger partial charge < -0.3 is 10.6 Å². The zero-order valence-electron chi connectivity index (χ0n) is 15.4. The van der Waals surface area contributed by atoms with Crippen LogP contribution in [-0.4, -0.2) is 53.7 Å². The molecular formula is C20H22N4O4. The second-order valence-corrected chi connectivity index (χ2v) is 8.12. The van der Waals surface area contributed by atoms with E-state index in [1.807, 2.05) is 6.07 Å². The second-order valence-electron chi connectivity index (χ2n) is 8.12. The number of nitrogens with zero attached hydrogens (tertiary/aromatic N) is 1. The summed E-state index contributed by atoms with van der Waals surface area (Å²) < 4.78 is 0. The van der Waals surface area contributed by atoms with E-state index in [0.717, 1.165) is 30.1 Å². The predicted molar refractivity (Wildman–Crippen MR) is 99.6 cm³/mol. The number of fused-ring (bicyclic) bond motifs is 2. The molecule has 0 spiro atoms. The topological polar surface area (TPSA) is 108 Å². The average Bonchev–Trinajstić information content (AvgIpc) is 3.33. The molecule has 3 N–H and O–H groups in total. The molecule has 1 aromatic carbocycles. The fourth-order valence-electron chi connectivity index (χ4n) is 5.10. The molecule has 8 nitrogen and oxygen atoms in total. The van der Waals surface area contributed by atoms with Crippen molar-refractivity contribution in [1.82, 2.24) is 15.5 Å². The van der Waals surface area contributed by atoms with E-state index >= 15 is 0 Å². The van der Waals surface area contributed by atoms with Gasteiger partial charge in [-0.05, 0) is 55.8 Å². The third-order valence-corrected chi connectivity index (χ3v) is 6.55. The van der Waals surface area contributed by atoms with Gasteiger partial charge in [-0.3, -0.25) is 29.4 Å². The Bertz CT molecular complexity index is 898. The van der Waals surface area contributed by atoms with Gasteiger partial charge in [0, 0.05) is 24.7 Å². The SMILES string of the molecule is O=C1CCC(N2C(=O)c3ccc(NC4CCC5CNCC54)cc3C2=O)C(=O)N1. The molecule has 5 rings (SSSR count). The van der Waals surface area contributed by atoms with Crippen LogP contribution >= 0.6 is 0 Å². The quantitative estimate of drug-likeness (QED) is 0.657. The van der Waals surface area contributed by atoms with Crippen molar-refractivity contribution in [2.75, 3.05) is 18.4 Å². The molecule has 3 heterocycles. The molecule has 3 aliphatic heterocycles. The van der Waals surface area contributed by atoms with Gasteiger partial charge in [-0.2, -0.15) is 0 Å². The Balaban J connectivity index is 1.37. The summed E-state index contributed by atoms with van der Waals surface area (Å²) in [7, 11) is 0. The van der Waals surface area contributed by atoms with E-state index < -0.39 is 23.8 Å². The highest BCUT2D eigenvalue weighted by molar-refractivity contribution is 6.23. The van der Waals surface area contributed by atoms with Crippen LogP contribution in [0.2, 0.25) is 0 Å². The Morgan fingerprint density at radius 1 is 0.964 bits per heavy atom. The van der Waals surface area contributed by atoms with Crippen LogP contribution in [0, 0.1) is 11.8 Å². The molecule has 4 atom stereocenters. The number of anilines is 1. The third-order valence-electron chi connectivity index (χ3n) is 6.55. The molecule has 0 radical (unpaired) electrons. The van der Waals surface area contributed by atoms with Crippen LogP contribution in [0.15, 0.2) is 18.2 Å². The summed E-state index contributed by atoms with van der Waals surface area (Å²) in [5.41, 5.74) is 1.45. The van der Waals surface area contributed by atoms with E-state index in [4.69, 9.17) is 0 Å². The summed E-state index contributed by atoms with van der Waals surface area (Å²) in [6.07, 6.45) is 2.58. The summed E-state index contributed by atoms with van der Waals surface area (Å²) in [4.78, 5) is 50.2. The monoisotopic (exact) mass is 382 g/mol. The molecule has 4 aliphatic rings. The number of hydrogen-bond donors (Lipinski definition) is 3. The lowest BCUT2D eigenvalue weighted by atomic mass is 9.97. The summed E-state index contributed by atoms with van der Waals surface area (Å²) in [5.74, 6) is -0.605. The van der Waals surface area contributed by atoms with E-state index in [1.54, 1.807) is 12.1 Å². The summed E-state index contributed by atoms with van der Waals surface area (Å²) >= 11 is 0. The van der Waals surface area contributed by atoms with Crippen LogP contribution in [-0.2, 0) is 9.59 Å². The largest absolute Gasteiger partial charge is 0.382 e. The number of piperidine rings is 1. The van der Waals surface area contributed by atoms with Gasteiger partial charge in [0.25, 0.3) is 11.8 Å². The summed E-state index contributed by atoms with van der Waals surface area (Å²) in [6.45, 7) is 2.08. The maximum absolute atomic E-state index is 12.9. The third kappa shape index (κ3) is 2.63. The van der Waals surface area contributed by atoms with Crippen molar-refractivity contribution in [3.8, 4) is 0 Å². The number of benzene rings is 1. The molecule has 3 fully saturated rings. The van der Waals surface area contributed by atoms with Crippen LogP contribution in [0.25, 0.3) is 0 Å². The summed E-state index contributed by atoms with van der Waals surface area (Å²) in [6, 6.07) is 4.63. The first-order valence-electron chi connectivity index (χ1n) is 9.86. The van der Waals surface area contributed by atoms with Crippen molar-refractivity contribution in [2.45, 2.75) is 37.8 Å². The maximum atomic E-state index is 12.9. The minimum Gasteiger partial charge on any atom is -0.382 e. The second kappa shape index (κ2) is 6.41. The van der Waals surface area contributed by atoms with E-state index in [9.17, 15) is 19.2 Å². The first kappa shape index (κ1) is 17.4. The Hall–Kier alpha value is -2.74. The molecular weight excluding hydrogens is 360 g/mol. The van der Waals surface area contributed by atoms with Crippen molar-refractivity contribution < 1.29 is 19.2 Å². The molecule has 4 unspecified atom stereocenters. The number of imide groups is 2. The Morgan fingerprint density at radius 3 is 2.61 bits per heavy atom. The zero-order chi connectivity index (χ0) is 19.4. The Kier molecular flexibility index (Phi) is 3.97. The molecule has 1 saturated carbocycles. The Morgan fingerprint density at radius 2 is 1.79 bits per heavy atom. The number of carbonyl (C=O) groups is 4. The number of amides is 4. The first-order valence-corrected chi connectivity index (χ1v) is 9.86. The molecule has 0 bridgehead atoms. The molecule has 1 aromatic rings. The normalized spacial score (nSPS) is 31.8. The molecule has 146 valence electrons. The Labute approximate surface area is 162 Å². The summed E-state index contributed by atoms with van der Waals surface area (Å²) in [5, 5.41) is 9.19. The van der Waals surface area contributed by atoms with Gasteiger partial charge in [0.05, 0.1) is 11.1 Å². The van der Waals surface area contributed by atoms with Gasteiger partial charge in [-0.15, -0.1) is 0 Å². The minimum atomic E-state index is -0.929. The number of carbonyl (C=O) groups excluding carboxylic acids is 4. The highest BCUT2D eigenvalue weighted by Crippen LogP contribution is 2.37. The zero-order valence-corrected chi connectivity index (χ0v) is 15.4. The highest BCUT2D eigenvalue weighted by Gasteiger charge is 2.45. The molecule has 8 heteroatoms. The number of rotatable bonds is 3.